The maximum Gasteiger partial charge on any atom is 0.247 e. The smallest absolute Gasteiger partial charge is 0.247 e. The van der Waals surface area contributed by atoms with E-state index < -0.39 is 0 Å². The first kappa shape index (κ1) is 46.7. The van der Waals surface area contributed by atoms with Gasteiger partial charge in [0, 0.05) is 27.9 Å². The Hall–Kier alpha value is -7.09. The van der Waals surface area contributed by atoms with Crippen molar-refractivity contribution in [2.75, 3.05) is 4.90 Å². The number of aryl methyl sites for hydroxylation is 1. The lowest BCUT2D eigenvalue weighted by Gasteiger charge is -2.45. The van der Waals surface area contributed by atoms with E-state index in [9.17, 15) is 0 Å². The molecule has 0 aromatic heterocycles. The summed E-state index contributed by atoms with van der Waals surface area (Å²) in [4.78, 5) is 2.69. The molecular formula is C71H67B2N. The highest BCUT2D eigenvalue weighted by Crippen LogP contribution is 2.51. The van der Waals surface area contributed by atoms with Crippen molar-refractivity contribution >= 4 is 63.3 Å². The van der Waals surface area contributed by atoms with Gasteiger partial charge < -0.3 is 4.90 Å². The van der Waals surface area contributed by atoms with Crippen molar-refractivity contribution < 1.29 is 0 Å². The molecule has 0 saturated carbocycles. The van der Waals surface area contributed by atoms with Gasteiger partial charge in [0.1, 0.15) is 0 Å². The van der Waals surface area contributed by atoms with Crippen LogP contribution < -0.4 is 37.7 Å². The molecule has 2 aliphatic heterocycles. The highest BCUT2D eigenvalue weighted by atomic mass is 15.2. The van der Waals surface area contributed by atoms with Gasteiger partial charge in [-0.15, -0.1) is 0 Å². The molecule has 9 aromatic carbocycles. The summed E-state index contributed by atoms with van der Waals surface area (Å²) in [7, 11) is 0. The molecule has 2 aliphatic carbocycles. The summed E-state index contributed by atoms with van der Waals surface area (Å²) in [6.45, 7) is 35.5. The number of anilines is 3. The zero-order valence-electron chi connectivity index (χ0n) is 46.3. The van der Waals surface area contributed by atoms with Crippen LogP contribution in [0.1, 0.15) is 111 Å². The van der Waals surface area contributed by atoms with Gasteiger partial charge in [0.15, 0.2) is 0 Å². The van der Waals surface area contributed by atoms with Crippen molar-refractivity contribution in [3.05, 3.63) is 217 Å². The number of nitrogens with zero attached hydrogens (tertiary/aromatic N) is 1. The maximum absolute atomic E-state index is 2.69. The van der Waals surface area contributed by atoms with E-state index in [2.05, 4.69) is 242 Å². The Morgan fingerprint density at radius 3 is 1.03 bits per heavy atom. The van der Waals surface area contributed by atoms with Crippen LogP contribution in [-0.4, -0.2) is 13.4 Å². The molecule has 74 heavy (non-hydrogen) atoms. The maximum atomic E-state index is 2.69. The molecule has 0 spiro atoms. The fraction of sp³-hybridized carbons (Fsp3) is 0.239. The molecule has 0 radical (unpaired) electrons. The summed E-state index contributed by atoms with van der Waals surface area (Å²) in [6.07, 6.45) is 0. The second kappa shape index (κ2) is 16.0. The second-order valence-electron chi connectivity index (χ2n) is 24.0. The lowest BCUT2D eigenvalue weighted by atomic mass is 9.29. The van der Waals surface area contributed by atoms with Crippen molar-refractivity contribution in [1.29, 1.82) is 0 Å². The van der Waals surface area contributed by atoms with Gasteiger partial charge in [-0.2, -0.15) is 0 Å². The van der Waals surface area contributed by atoms with Gasteiger partial charge >= 0.3 is 0 Å². The van der Waals surface area contributed by atoms with Crippen LogP contribution in [0.25, 0.3) is 44.5 Å². The third kappa shape index (κ3) is 6.19. The monoisotopic (exact) mass is 956 g/mol. The van der Waals surface area contributed by atoms with Gasteiger partial charge in [-0.25, -0.2) is 0 Å². The standard InChI is InChI=1S/C71H67B2N/c1-38-32-63-69-64(33-38)73(68-47(10)43(6)40(3)44(7)48(68)11)62-37-52(50-25-29-60-56(35-50)54-21-17-19-23-58(54)71(60,14)15)27-31-66(62)74(69)65-30-26-51(36-61(65)72(63)67-45(8)41(4)39(2)42(5)46(67)9)49-24-28-59-55(34-49)53-20-16-18-22-57(53)70(59,12)13/h16-37H,1-15H3. The Morgan fingerprint density at radius 1 is 0.311 bits per heavy atom. The van der Waals surface area contributed by atoms with E-state index in [1.165, 1.54) is 178 Å². The van der Waals surface area contributed by atoms with Crippen LogP contribution in [0.2, 0.25) is 0 Å². The normalized spacial score (nSPS) is 14.8. The summed E-state index contributed by atoms with van der Waals surface area (Å²) >= 11 is 0. The summed E-state index contributed by atoms with van der Waals surface area (Å²) < 4.78 is 0. The summed E-state index contributed by atoms with van der Waals surface area (Å²) in [5.41, 5.74) is 43.7. The Kier molecular flexibility index (Phi) is 10.1. The van der Waals surface area contributed by atoms with E-state index in [1.807, 2.05) is 0 Å². The van der Waals surface area contributed by atoms with Crippen molar-refractivity contribution in [2.24, 2.45) is 0 Å². The number of fused-ring (bicyclic) bond motifs is 10. The molecule has 3 heteroatoms. The molecule has 4 aliphatic rings. The van der Waals surface area contributed by atoms with Crippen LogP contribution in [0.4, 0.5) is 17.1 Å². The second-order valence-corrected chi connectivity index (χ2v) is 24.0. The van der Waals surface area contributed by atoms with Crippen LogP contribution in [0.3, 0.4) is 0 Å². The van der Waals surface area contributed by atoms with Crippen LogP contribution in [0, 0.1) is 76.2 Å². The zero-order chi connectivity index (χ0) is 51.8. The number of rotatable bonds is 4. The van der Waals surface area contributed by atoms with E-state index in [4.69, 9.17) is 0 Å². The Balaban J connectivity index is 1.10. The van der Waals surface area contributed by atoms with Gasteiger partial charge in [-0.3, -0.25) is 0 Å². The first-order valence-corrected chi connectivity index (χ1v) is 27.2. The van der Waals surface area contributed by atoms with Gasteiger partial charge in [-0.05, 0) is 222 Å². The SMILES string of the molecule is Cc1cc2c3c(c1)B(c1c(C)c(C)c(C)c(C)c1C)c1cc(-c4ccc5c(c4)-c4ccccc4C5(C)C)ccc1N3c1ccc(-c3ccc4c(c3)-c3ccccc3C4(C)C)cc1B2c1c(C)c(C)c(C)c(C)c1C. The first-order chi connectivity index (χ1) is 35.3. The predicted molar refractivity (Wildman–Crippen MR) is 321 cm³/mol. The Bertz CT molecular complexity index is 3680. The molecule has 9 aromatic rings. The molecule has 0 fully saturated rings. The fourth-order valence-corrected chi connectivity index (χ4v) is 14.9. The molecule has 0 amide bonds. The van der Waals surface area contributed by atoms with E-state index in [-0.39, 0.29) is 24.3 Å². The molecule has 13 rings (SSSR count). The van der Waals surface area contributed by atoms with E-state index in [0.717, 1.165) is 0 Å². The highest BCUT2D eigenvalue weighted by Gasteiger charge is 2.46. The van der Waals surface area contributed by atoms with E-state index in [0.29, 0.717) is 0 Å². The van der Waals surface area contributed by atoms with Crippen molar-refractivity contribution in [2.45, 2.75) is 115 Å². The topological polar surface area (TPSA) is 3.24 Å². The van der Waals surface area contributed by atoms with Crippen molar-refractivity contribution in [3.63, 3.8) is 0 Å². The van der Waals surface area contributed by atoms with Crippen LogP contribution in [0.15, 0.2) is 133 Å². The van der Waals surface area contributed by atoms with E-state index >= 15 is 0 Å². The Labute approximate surface area is 441 Å². The minimum absolute atomic E-state index is 0.0191. The summed E-state index contributed by atoms with van der Waals surface area (Å²) in [5.74, 6) is 0. The third-order valence-electron chi connectivity index (χ3n) is 19.8. The number of benzene rings is 9. The minimum atomic E-state index is -0.0454. The van der Waals surface area contributed by atoms with Crippen molar-refractivity contribution in [1.82, 2.24) is 0 Å². The van der Waals surface area contributed by atoms with Gasteiger partial charge in [0.2, 0.25) is 13.4 Å². The molecule has 0 unspecified atom stereocenters. The van der Waals surface area contributed by atoms with E-state index in [1.54, 1.807) is 0 Å². The molecule has 0 N–H and O–H groups in total. The van der Waals surface area contributed by atoms with Gasteiger partial charge in [-0.1, -0.05) is 176 Å². The minimum Gasteiger partial charge on any atom is -0.313 e. The van der Waals surface area contributed by atoms with Crippen LogP contribution in [0.5, 0.6) is 0 Å². The molecule has 362 valence electrons. The fourth-order valence-electron chi connectivity index (χ4n) is 14.9. The average Bonchev–Trinajstić information content (AvgIpc) is 3.78. The molecule has 0 bridgehead atoms. The number of hydrogen-bond acceptors (Lipinski definition) is 1. The average molecular weight is 956 g/mol. The summed E-state index contributed by atoms with van der Waals surface area (Å²) in [5, 5.41) is 0. The highest BCUT2D eigenvalue weighted by molar-refractivity contribution is 7.02. The lowest BCUT2D eigenvalue weighted by molar-refractivity contribution is 0.660. The molecule has 1 nitrogen and oxygen atoms in total. The lowest BCUT2D eigenvalue weighted by Crippen LogP contribution is -2.66. The number of hydrogen-bond donors (Lipinski definition) is 0. The molecule has 0 atom stereocenters. The quantitative estimate of drug-likeness (QED) is 0.159. The Morgan fingerprint density at radius 2 is 0.635 bits per heavy atom. The largest absolute Gasteiger partial charge is 0.313 e. The van der Waals surface area contributed by atoms with Gasteiger partial charge in [0.25, 0.3) is 0 Å². The third-order valence-corrected chi connectivity index (χ3v) is 19.8. The van der Waals surface area contributed by atoms with Crippen LogP contribution in [-0.2, 0) is 10.8 Å². The van der Waals surface area contributed by atoms with Crippen LogP contribution >= 0.6 is 0 Å². The molecule has 0 saturated heterocycles. The first-order valence-electron chi connectivity index (χ1n) is 27.2. The molecule has 2 heterocycles. The zero-order valence-corrected chi connectivity index (χ0v) is 46.3. The molecular weight excluding hydrogens is 888 g/mol. The predicted octanol–water partition coefficient (Wildman–Crippen LogP) is 14.2. The van der Waals surface area contributed by atoms with Crippen molar-refractivity contribution in [3.8, 4) is 44.5 Å². The van der Waals surface area contributed by atoms with Gasteiger partial charge in [0.05, 0.1) is 0 Å². The summed E-state index contributed by atoms with van der Waals surface area (Å²) in [6, 6.07) is 52.6.